The average molecular weight is 768 g/mol. The van der Waals surface area contributed by atoms with Gasteiger partial charge in [0.05, 0.1) is 32.5 Å². The Balaban J connectivity index is 1.23. The zero-order valence-corrected chi connectivity index (χ0v) is 30.4. The quantitative estimate of drug-likeness (QED) is 0.104. The molecule has 7 atom stereocenters. The second-order valence-electron chi connectivity index (χ2n) is 11.8. The summed E-state index contributed by atoms with van der Waals surface area (Å²) in [4.78, 5) is 55.4. The number of aliphatic hydroxyl groups is 2. The van der Waals surface area contributed by atoms with E-state index in [1.807, 2.05) is 0 Å². The Morgan fingerprint density at radius 3 is 2.12 bits per heavy atom. The van der Waals surface area contributed by atoms with Crippen molar-refractivity contribution in [1.82, 2.24) is 24.0 Å². The van der Waals surface area contributed by atoms with Crippen molar-refractivity contribution in [2.75, 3.05) is 63.3 Å². The second kappa shape index (κ2) is 17.7. The Bertz CT molecular complexity index is 1700. The van der Waals surface area contributed by atoms with Gasteiger partial charge in [0.25, 0.3) is 11.1 Å². The van der Waals surface area contributed by atoms with E-state index >= 15 is 0 Å². The molecule has 2 aromatic heterocycles. The van der Waals surface area contributed by atoms with Crippen LogP contribution in [0.4, 0.5) is 0 Å². The molecule has 2 aromatic rings. The summed E-state index contributed by atoms with van der Waals surface area (Å²) in [6.45, 7) is 2.47. The lowest BCUT2D eigenvalue weighted by Crippen LogP contribution is -2.37. The molecule has 3 fully saturated rings. The Kier molecular flexibility index (Phi) is 13.9. The van der Waals surface area contributed by atoms with E-state index in [-0.39, 0.29) is 25.0 Å². The van der Waals surface area contributed by atoms with Gasteiger partial charge in [-0.25, -0.2) is 14.2 Å². The lowest BCUT2D eigenvalue weighted by molar-refractivity contribution is -0.0510. The van der Waals surface area contributed by atoms with Gasteiger partial charge in [-0.05, 0) is 25.2 Å². The third kappa shape index (κ3) is 10.2. The number of hydrogen-bond acceptors (Lipinski definition) is 16. The molecule has 5 heterocycles. The standard InChI is InChI=1S/C28H42N5O12PS3/c1-17-13-32(27(38)29-25(17)36)23-11-19(35)22(44-23)16-42-46(40,47-9-10-49-48-8-5-31-3-6-41-7-4-31)45-20-12-24(43-21(20)15-34)33-14-18(2)26(37)30-28(33)39/h13-14,19-24,34-35H,3-12,15-16H2,1-2H3,(H,29,36,38)(H,30,37,39)/t19?,20?,21-,22?,23?,24-,46?/m1/s1. The Hall–Kier alpha value is -1.68. The molecular formula is C28H42N5O12PS3. The molecule has 0 aliphatic carbocycles. The first-order valence-corrected chi connectivity index (χ1v) is 21.4. The number of hydrogen-bond donors (Lipinski definition) is 4. The molecule has 3 aliphatic heterocycles. The summed E-state index contributed by atoms with van der Waals surface area (Å²) in [5, 5.41) is 20.8. The summed E-state index contributed by atoms with van der Waals surface area (Å²) in [5.41, 5.74) is -1.88. The lowest BCUT2D eigenvalue weighted by atomic mass is 10.2. The number of ether oxygens (including phenoxy) is 3. The van der Waals surface area contributed by atoms with Crippen molar-refractivity contribution in [3.63, 3.8) is 0 Å². The number of rotatable bonds is 16. The fourth-order valence-electron chi connectivity index (χ4n) is 5.50. The first-order chi connectivity index (χ1) is 23.5. The zero-order chi connectivity index (χ0) is 35.1. The van der Waals surface area contributed by atoms with Crippen molar-refractivity contribution >= 4 is 39.8 Å². The molecular weight excluding hydrogens is 726 g/mol. The highest BCUT2D eigenvalue weighted by atomic mass is 33.1. The van der Waals surface area contributed by atoms with Crippen LogP contribution in [0.5, 0.6) is 0 Å². The SMILES string of the molecule is Cc1cn(C2CC(O)C(COP(=O)(OC3C[C@H](n4cc(C)c(=O)[nH]c4=O)O[C@@H]3CO)SCCSSCCN3CCOCC3)O2)c(=O)[nH]c1=O. The minimum atomic E-state index is -4.01. The Morgan fingerprint density at radius 2 is 1.49 bits per heavy atom. The smallest absolute Gasteiger partial charge is 0.389 e. The summed E-state index contributed by atoms with van der Waals surface area (Å²) < 4.78 is 45.8. The van der Waals surface area contributed by atoms with Crippen LogP contribution in [-0.2, 0) is 27.8 Å². The first-order valence-electron chi connectivity index (χ1n) is 15.8. The van der Waals surface area contributed by atoms with Gasteiger partial charge in [0.2, 0.25) is 0 Å². The van der Waals surface area contributed by atoms with Gasteiger partial charge < -0.3 is 24.4 Å². The predicted octanol–water partition coefficient (Wildman–Crippen LogP) is 0.589. The molecule has 0 saturated carbocycles. The van der Waals surface area contributed by atoms with Crippen LogP contribution in [-0.4, -0.2) is 122 Å². The van der Waals surface area contributed by atoms with Crippen molar-refractivity contribution in [1.29, 1.82) is 0 Å². The highest BCUT2D eigenvalue weighted by molar-refractivity contribution is 8.76. The maximum absolute atomic E-state index is 14.3. The molecule has 0 amide bonds. The van der Waals surface area contributed by atoms with Crippen LogP contribution in [0.3, 0.4) is 0 Å². The van der Waals surface area contributed by atoms with Gasteiger partial charge in [0, 0.05) is 73.3 Å². The predicted molar refractivity (Wildman–Crippen MR) is 185 cm³/mol. The van der Waals surface area contributed by atoms with E-state index < -0.39 is 72.8 Å². The van der Waals surface area contributed by atoms with E-state index in [4.69, 9.17) is 23.3 Å². The van der Waals surface area contributed by atoms with Gasteiger partial charge in [-0.2, -0.15) is 0 Å². The molecule has 21 heteroatoms. The van der Waals surface area contributed by atoms with Gasteiger partial charge >= 0.3 is 18.2 Å². The number of aryl methyl sites for hydroxylation is 2. The van der Waals surface area contributed by atoms with Gasteiger partial charge in [0.1, 0.15) is 30.8 Å². The highest BCUT2D eigenvalue weighted by Crippen LogP contribution is 2.63. The number of aliphatic hydroxyl groups excluding tert-OH is 2. The molecule has 3 aliphatic rings. The Morgan fingerprint density at radius 1 is 0.898 bits per heavy atom. The van der Waals surface area contributed by atoms with Crippen LogP contribution < -0.4 is 22.5 Å². The number of H-pyrrole nitrogens is 2. The lowest BCUT2D eigenvalue weighted by Gasteiger charge is -2.26. The Labute approximate surface area is 293 Å². The van der Waals surface area contributed by atoms with Gasteiger partial charge in [-0.3, -0.25) is 42.6 Å². The molecule has 3 saturated heterocycles. The van der Waals surface area contributed by atoms with Crippen LogP contribution in [0.15, 0.2) is 31.6 Å². The molecule has 0 aromatic carbocycles. The van der Waals surface area contributed by atoms with Crippen LogP contribution in [0.2, 0.25) is 0 Å². The third-order valence-electron chi connectivity index (χ3n) is 8.23. The average Bonchev–Trinajstić information content (AvgIpc) is 3.65. The van der Waals surface area contributed by atoms with Gasteiger partial charge in [-0.15, -0.1) is 0 Å². The molecule has 4 N–H and O–H groups in total. The zero-order valence-electron chi connectivity index (χ0n) is 27.1. The molecule has 0 bridgehead atoms. The molecule has 5 rings (SSSR count). The monoisotopic (exact) mass is 767 g/mol. The third-order valence-corrected chi connectivity index (χ3v) is 14.6. The van der Waals surface area contributed by atoms with Crippen molar-refractivity contribution in [3.05, 3.63) is 65.2 Å². The van der Waals surface area contributed by atoms with E-state index in [1.54, 1.807) is 21.6 Å². The summed E-state index contributed by atoms with van der Waals surface area (Å²) >= 11 is 0.966. The fraction of sp³-hybridized carbons (Fsp3) is 0.714. The minimum Gasteiger partial charge on any atom is -0.394 e. The molecule has 0 radical (unpaired) electrons. The fourth-order valence-corrected chi connectivity index (χ4v) is 11.7. The van der Waals surface area contributed by atoms with Crippen LogP contribution in [0.1, 0.15) is 36.4 Å². The van der Waals surface area contributed by atoms with Crippen molar-refractivity contribution < 1.29 is 38.0 Å². The van der Waals surface area contributed by atoms with E-state index in [0.29, 0.717) is 17.1 Å². The van der Waals surface area contributed by atoms with Gasteiger partial charge in [-0.1, -0.05) is 21.6 Å². The van der Waals surface area contributed by atoms with E-state index in [1.165, 1.54) is 35.4 Å². The maximum Gasteiger partial charge on any atom is 0.389 e. The second-order valence-corrected chi connectivity index (χ2v) is 18.6. The number of nitrogens with one attached hydrogen (secondary N) is 2. The summed E-state index contributed by atoms with van der Waals surface area (Å²) in [6.07, 6.45) is -3.03. The van der Waals surface area contributed by atoms with Crippen LogP contribution >= 0.6 is 39.8 Å². The van der Waals surface area contributed by atoms with E-state index in [0.717, 1.165) is 50.0 Å². The molecule has 0 spiro atoms. The first kappa shape index (κ1) is 38.5. The topological polar surface area (TPSA) is 217 Å². The maximum atomic E-state index is 14.3. The molecule has 274 valence electrons. The van der Waals surface area contributed by atoms with Gasteiger partial charge in [0.15, 0.2) is 0 Å². The normalized spacial score (nSPS) is 27.4. The molecule has 17 nitrogen and oxygen atoms in total. The number of nitrogens with zero attached hydrogens (tertiary/aromatic N) is 3. The summed E-state index contributed by atoms with van der Waals surface area (Å²) in [7, 11) is 3.34. The largest absolute Gasteiger partial charge is 0.394 e. The van der Waals surface area contributed by atoms with Crippen LogP contribution in [0.25, 0.3) is 0 Å². The highest BCUT2D eigenvalue weighted by Gasteiger charge is 2.44. The summed E-state index contributed by atoms with van der Waals surface area (Å²) in [6, 6.07) is 0. The van der Waals surface area contributed by atoms with Crippen LogP contribution in [0, 0.1) is 13.8 Å². The van der Waals surface area contributed by atoms with E-state index in [9.17, 15) is 34.0 Å². The number of morpholine rings is 1. The number of aromatic nitrogens is 4. The number of aromatic amines is 2. The van der Waals surface area contributed by atoms with Crippen molar-refractivity contribution in [3.8, 4) is 0 Å². The molecule has 5 unspecified atom stereocenters. The van der Waals surface area contributed by atoms with Crippen molar-refractivity contribution in [2.45, 2.75) is 63.6 Å². The molecule has 49 heavy (non-hydrogen) atoms. The van der Waals surface area contributed by atoms with E-state index in [2.05, 4.69) is 14.9 Å². The minimum absolute atomic E-state index is 0.0219. The van der Waals surface area contributed by atoms with Crippen molar-refractivity contribution in [2.24, 2.45) is 0 Å². The summed E-state index contributed by atoms with van der Waals surface area (Å²) in [5.74, 6) is 1.92.